The maximum Gasteiger partial charge on any atom is 0.0603 e. The molecule has 1 aliphatic rings. The molecule has 1 heterocycles. The van der Waals surface area contributed by atoms with E-state index >= 15 is 0 Å². The summed E-state index contributed by atoms with van der Waals surface area (Å²) in [6.45, 7) is 5.61. The van der Waals surface area contributed by atoms with Crippen LogP contribution in [0.3, 0.4) is 0 Å². The first-order valence-electron chi connectivity index (χ1n) is 6.39. The van der Waals surface area contributed by atoms with Crippen molar-refractivity contribution in [3.8, 4) is 0 Å². The summed E-state index contributed by atoms with van der Waals surface area (Å²) in [5, 5.41) is 2.54. The van der Waals surface area contributed by atoms with Crippen LogP contribution in [0.4, 0.5) is 0 Å². The van der Waals surface area contributed by atoms with Gasteiger partial charge in [0.05, 0.1) is 18.6 Å². The zero-order valence-corrected chi connectivity index (χ0v) is 10.9. The average Bonchev–Trinajstić information content (AvgIpc) is 2.25. The molecule has 0 atom stereocenters. The van der Waals surface area contributed by atoms with Gasteiger partial charge >= 0.3 is 0 Å². The van der Waals surface area contributed by atoms with Gasteiger partial charge < -0.3 is 10.5 Å². The zero-order chi connectivity index (χ0) is 12.8. The highest BCUT2D eigenvalue weighted by Crippen LogP contribution is 2.41. The molecule has 3 rings (SSSR count). The van der Waals surface area contributed by atoms with Crippen molar-refractivity contribution in [3.05, 3.63) is 48.0 Å². The van der Waals surface area contributed by atoms with E-state index in [1.165, 1.54) is 16.3 Å². The van der Waals surface area contributed by atoms with Crippen LogP contribution in [0.1, 0.15) is 19.4 Å². The van der Waals surface area contributed by atoms with Crippen LogP contribution >= 0.6 is 0 Å². The largest absolute Gasteiger partial charge is 0.379 e. The highest BCUT2D eigenvalue weighted by molar-refractivity contribution is 5.83. The van der Waals surface area contributed by atoms with Crippen LogP contribution in [0.5, 0.6) is 0 Å². The maximum absolute atomic E-state index is 6.37. The molecule has 1 saturated heterocycles. The molecule has 0 aromatic heterocycles. The lowest BCUT2D eigenvalue weighted by molar-refractivity contribution is -0.0918. The van der Waals surface area contributed by atoms with Crippen LogP contribution in [0.25, 0.3) is 10.8 Å². The van der Waals surface area contributed by atoms with Crippen molar-refractivity contribution in [1.82, 2.24) is 0 Å². The van der Waals surface area contributed by atoms with Gasteiger partial charge in [-0.25, -0.2) is 0 Å². The molecular formula is C16H19NO. The molecule has 0 saturated carbocycles. The molecule has 0 bridgehead atoms. The van der Waals surface area contributed by atoms with Gasteiger partial charge in [0.2, 0.25) is 0 Å². The Balaban J connectivity index is 2.14. The van der Waals surface area contributed by atoms with Crippen molar-refractivity contribution in [1.29, 1.82) is 0 Å². The minimum Gasteiger partial charge on any atom is -0.379 e. The molecule has 0 amide bonds. The minimum atomic E-state index is -0.270. The molecular weight excluding hydrogens is 222 g/mol. The Morgan fingerprint density at radius 2 is 1.72 bits per heavy atom. The molecule has 1 aliphatic heterocycles. The van der Waals surface area contributed by atoms with Crippen molar-refractivity contribution in [2.24, 2.45) is 5.73 Å². The van der Waals surface area contributed by atoms with Gasteiger partial charge in [-0.3, -0.25) is 0 Å². The molecule has 18 heavy (non-hydrogen) atoms. The number of fused-ring (bicyclic) bond motifs is 1. The van der Waals surface area contributed by atoms with Crippen molar-refractivity contribution >= 4 is 10.8 Å². The lowest BCUT2D eigenvalue weighted by atomic mass is 9.65. The van der Waals surface area contributed by atoms with E-state index in [0.29, 0.717) is 0 Å². The molecule has 1 fully saturated rings. The van der Waals surface area contributed by atoms with Crippen LogP contribution in [0.15, 0.2) is 42.5 Å². The average molecular weight is 241 g/mol. The van der Waals surface area contributed by atoms with E-state index in [1.54, 1.807) is 0 Å². The van der Waals surface area contributed by atoms with Crippen LogP contribution < -0.4 is 5.73 Å². The van der Waals surface area contributed by atoms with E-state index in [4.69, 9.17) is 10.5 Å². The van der Waals surface area contributed by atoms with Crippen LogP contribution in [0.2, 0.25) is 0 Å². The SMILES string of the molecule is CC(C)(N)C1(c2ccc3ccccc3c2)COC1. The lowest BCUT2D eigenvalue weighted by Crippen LogP contribution is -2.64. The fraction of sp³-hybridized carbons (Fsp3) is 0.375. The summed E-state index contributed by atoms with van der Waals surface area (Å²) in [6.07, 6.45) is 0. The molecule has 2 aromatic carbocycles. The molecule has 0 spiro atoms. The topological polar surface area (TPSA) is 35.2 Å². The van der Waals surface area contributed by atoms with Gasteiger partial charge in [-0.15, -0.1) is 0 Å². The van der Waals surface area contributed by atoms with Gasteiger partial charge in [-0.2, -0.15) is 0 Å². The van der Waals surface area contributed by atoms with E-state index < -0.39 is 0 Å². The molecule has 2 N–H and O–H groups in total. The molecule has 0 radical (unpaired) electrons. The predicted molar refractivity (Wildman–Crippen MR) is 74.7 cm³/mol. The minimum absolute atomic E-state index is 0.0446. The Labute approximate surface area is 108 Å². The summed E-state index contributed by atoms with van der Waals surface area (Å²) in [5.41, 5.74) is 7.35. The molecule has 2 heteroatoms. The van der Waals surface area contributed by atoms with Gasteiger partial charge in [-0.05, 0) is 30.2 Å². The van der Waals surface area contributed by atoms with Gasteiger partial charge in [-0.1, -0.05) is 42.5 Å². The third-order valence-corrected chi connectivity index (χ3v) is 4.23. The number of benzene rings is 2. The highest BCUT2D eigenvalue weighted by atomic mass is 16.5. The molecule has 0 aliphatic carbocycles. The number of nitrogens with two attached hydrogens (primary N) is 1. The Morgan fingerprint density at radius 1 is 1.06 bits per heavy atom. The van der Waals surface area contributed by atoms with Gasteiger partial charge in [0, 0.05) is 5.54 Å². The zero-order valence-electron chi connectivity index (χ0n) is 10.9. The Morgan fingerprint density at radius 3 is 2.28 bits per heavy atom. The fourth-order valence-corrected chi connectivity index (χ4v) is 2.70. The first-order valence-corrected chi connectivity index (χ1v) is 6.39. The summed E-state index contributed by atoms with van der Waals surface area (Å²) in [6, 6.07) is 15.1. The highest BCUT2D eigenvalue weighted by Gasteiger charge is 2.50. The second-order valence-electron chi connectivity index (χ2n) is 5.86. The second-order valence-corrected chi connectivity index (χ2v) is 5.86. The lowest BCUT2D eigenvalue weighted by Gasteiger charge is -2.51. The maximum atomic E-state index is 6.37. The normalized spacial score (nSPS) is 18.6. The van der Waals surface area contributed by atoms with Crippen molar-refractivity contribution in [2.75, 3.05) is 13.2 Å². The molecule has 2 aromatic rings. The Kier molecular flexibility index (Phi) is 2.47. The van der Waals surface area contributed by atoms with Crippen LogP contribution in [-0.4, -0.2) is 18.8 Å². The van der Waals surface area contributed by atoms with E-state index in [9.17, 15) is 0 Å². The summed E-state index contributed by atoms with van der Waals surface area (Å²) in [4.78, 5) is 0. The van der Waals surface area contributed by atoms with E-state index in [0.717, 1.165) is 13.2 Å². The van der Waals surface area contributed by atoms with Crippen LogP contribution in [0, 0.1) is 0 Å². The summed E-state index contributed by atoms with van der Waals surface area (Å²) in [7, 11) is 0. The second kappa shape index (κ2) is 3.81. The molecule has 2 nitrogen and oxygen atoms in total. The van der Waals surface area contributed by atoms with E-state index in [-0.39, 0.29) is 11.0 Å². The molecule has 0 unspecified atom stereocenters. The quantitative estimate of drug-likeness (QED) is 0.877. The van der Waals surface area contributed by atoms with Gasteiger partial charge in [0.15, 0.2) is 0 Å². The fourth-order valence-electron chi connectivity index (χ4n) is 2.70. The Bertz CT molecular complexity index is 579. The van der Waals surface area contributed by atoms with Gasteiger partial charge in [0.25, 0.3) is 0 Å². The molecule has 94 valence electrons. The van der Waals surface area contributed by atoms with Crippen molar-refractivity contribution in [2.45, 2.75) is 24.8 Å². The monoisotopic (exact) mass is 241 g/mol. The number of hydrogen-bond acceptors (Lipinski definition) is 2. The first kappa shape index (κ1) is 11.7. The van der Waals surface area contributed by atoms with Crippen molar-refractivity contribution in [3.63, 3.8) is 0 Å². The number of rotatable bonds is 2. The Hall–Kier alpha value is -1.38. The standard InChI is InChI=1S/C16H19NO/c1-15(2,17)16(10-18-11-16)14-8-7-12-5-3-4-6-13(12)9-14/h3-9H,10-11,17H2,1-2H3. The van der Waals surface area contributed by atoms with Crippen molar-refractivity contribution < 1.29 is 4.74 Å². The first-order chi connectivity index (χ1) is 8.53. The smallest absolute Gasteiger partial charge is 0.0603 e. The summed E-state index contributed by atoms with van der Waals surface area (Å²) in [5.74, 6) is 0. The number of ether oxygens (including phenoxy) is 1. The number of hydrogen-bond donors (Lipinski definition) is 1. The van der Waals surface area contributed by atoms with Crippen LogP contribution in [-0.2, 0) is 10.2 Å². The summed E-state index contributed by atoms with van der Waals surface area (Å²) < 4.78 is 5.45. The predicted octanol–water partition coefficient (Wildman–Crippen LogP) is 2.85. The summed E-state index contributed by atoms with van der Waals surface area (Å²) >= 11 is 0. The van der Waals surface area contributed by atoms with E-state index in [2.05, 4.69) is 56.3 Å². The van der Waals surface area contributed by atoms with Gasteiger partial charge in [0.1, 0.15) is 0 Å². The third kappa shape index (κ3) is 1.57. The third-order valence-electron chi connectivity index (χ3n) is 4.23. The van der Waals surface area contributed by atoms with E-state index in [1.807, 2.05) is 0 Å².